The van der Waals surface area contributed by atoms with Crippen molar-refractivity contribution in [2.45, 2.75) is 32.5 Å². The van der Waals surface area contributed by atoms with E-state index in [4.69, 9.17) is 21.0 Å². The molecule has 0 aliphatic carbocycles. The summed E-state index contributed by atoms with van der Waals surface area (Å²) in [6.45, 7) is 2.87. The maximum atomic E-state index is 14.2. The topological polar surface area (TPSA) is 182 Å². The van der Waals surface area contributed by atoms with Gasteiger partial charge in [-0.05, 0) is 59.1 Å². The number of nitrogens with one attached hydrogen (secondary N) is 2. The molecule has 5 aromatic rings. The Hall–Kier alpha value is -5.82. The molecule has 7 rings (SSSR count). The van der Waals surface area contributed by atoms with Gasteiger partial charge in [0.1, 0.15) is 23.3 Å². The normalized spacial score (nSPS) is 15.1. The second-order valence-electron chi connectivity index (χ2n) is 12.5. The Bertz CT molecular complexity index is 2360. The average molecular weight is 769 g/mol. The third kappa shape index (κ3) is 7.23. The molecule has 2 aliphatic rings. The molecular weight excluding hydrogens is 737 g/mol. The van der Waals surface area contributed by atoms with Crippen LogP contribution in [0, 0.1) is 0 Å². The van der Waals surface area contributed by atoms with Crippen LogP contribution in [0.3, 0.4) is 0 Å². The van der Waals surface area contributed by atoms with Gasteiger partial charge in [-0.2, -0.15) is 22.7 Å². The predicted molar refractivity (Wildman–Crippen MR) is 188 cm³/mol. The molecule has 3 amide bonds. The molecule has 0 radical (unpaired) electrons. The highest BCUT2D eigenvalue weighted by atomic mass is 35.5. The third-order valence-electron chi connectivity index (χ3n) is 9.16. The molecule has 0 bridgehead atoms. The van der Waals surface area contributed by atoms with E-state index in [-0.39, 0.29) is 84.9 Å². The molecule has 20 heteroatoms. The fraction of sp³-hybridized carbons (Fsp3) is 0.353. The van der Waals surface area contributed by atoms with Crippen molar-refractivity contribution in [3.05, 3.63) is 80.5 Å². The van der Waals surface area contributed by atoms with E-state index in [1.165, 1.54) is 0 Å². The fourth-order valence-electron chi connectivity index (χ4n) is 6.45. The number of aromatic nitrogens is 6. The van der Waals surface area contributed by atoms with Gasteiger partial charge in [0.2, 0.25) is 17.6 Å². The number of fused-ring (bicyclic) bond motifs is 2. The van der Waals surface area contributed by atoms with Crippen molar-refractivity contribution in [3.8, 4) is 0 Å². The number of anilines is 2. The first-order valence-electron chi connectivity index (χ1n) is 16.9. The van der Waals surface area contributed by atoms with Gasteiger partial charge >= 0.3 is 6.18 Å². The zero-order valence-electron chi connectivity index (χ0n) is 28.7. The molecule has 1 saturated heterocycles. The summed E-state index contributed by atoms with van der Waals surface area (Å²) in [5.74, 6) is -1.09. The van der Waals surface area contributed by atoms with Gasteiger partial charge in [0.25, 0.3) is 11.5 Å². The summed E-state index contributed by atoms with van der Waals surface area (Å²) in [6.07, 6.45) is -2.01. The second kappa shape index (κ2) is 14.9. The molecule has 0 saturated carbocycles. The first kappa shape index (κ1) is 36.5. The van der Waals surface area contributed by atoms with E-state index in [0.29, 0.717) is 36.7 Å². The van der Waals surface area contributed by atoms with E-state index in [2.05, 4.69) is 31.0 Å². The lowest BCUT2D eigenvalue weighted by Gasteiger charge is -2.36. The summed E-state index contributed by atoms with van der Waals surface area (Å²) in [4.78, 5) is 61.7. The molecule has 0 unspecified atom stereocenters. The van der Waals surface area contributed by atoms with Crippen LogP contribution in [0.2, 0.25) is 5.02 Å². The molecule has 3 aromatic heterocycles. The van der Waals surface area contributed by atoms with Gasteiger partial charge in [-0.1, -0.05) is 30.7 Å². The quantitative estimate of drug-likeness (QED) is 0.225. The molecule has 2 N–H and O–H groups in total. The van der Waals surface area contributed by atoms with Crippen molar-refractivity contribution >= 4 is 63.1 Å². The first-order chi connectivity index (χ1) is 25.9. The largest absolute Gasteiger partial charge is 0.416 e. The second-order valence-corrected chi connectivity index (χ2v) is 12.9. The lowest BCUT2D eigenvalue weighted by molar-refractivity contribution is -0.137. The Kier molecular flexibility index (Phi) is 10.1. The van der Waals surface area contributed by atoms with Crippen LogP contribution in [0.25, 0.3) is 22.4 Å². The summed E-state index contributed by atoms with van der Waals surface area (Å²) in [5.41, 5.74) is 0.922. The summed E-state index contributed by atoms with van der Waals surface area (Å²) in [7, 11) is 0. The van der Waals surface area contributed by atoms with Gasteiger partial charge in [0.05, 0.1) is 47.3 Å². The van der Waals surface area contributed by atoms with Gasteiger partial charge in [-0.25, -0.2) is 4.63 Å². The highest BCUT2D eigenvalue weighted by Crippen LogP contribution is 2.34. The van der Waals surface area contributed by atoms with E-state index in [0.717, 1.165) is 28.3 Å². The third-order valence-corrected chi connectivity index (χ3v) is 9.48. The number of ether oxygens (including phenoxy) is 1. The van der Waals surface area contributed by atoms with Crippen LogP contribution < -0.4 is 21.1 Å². The van der Waals surface area contributed by atoms with Crippen LogP contribution in [0.1, 0.15) is 40.8 Å². The maximum Gasteiger partial charge on any atom is 0.416 e. The van der Waals surface area contributed by atoms with Crippen molar-refractivity contribution in [1.29, 1.82) is 0 Å². The van der Waals surface area contributed by atoms with Crippen LogP contribution in [-0.4, -0.2) is 98.0 Å². The van der Waals surface area contributed by atoms with Gasteiger partial charge in [0, 0.05) is 26.2 Å². The molecule has 0 spiro atoms. The van der Waals surface area contributed by atoms with E-state index in [1.807, 2.05) is 17.9 Å². The van der Waals surface area contributed by atoms with E-state index in [9.17, 15) is 32.3 Å². The molecular formula is C34H32ClF3N10O6. The Morgan fingerprint density at radius 1 is 1.06 bits per heavy atom. The summed E-state index contributed by atoms with van der Waals surface area (Å²) in [6, 6.07) is 7.43. The average Bonchev–Trinajstić information content (AvgIpc) is 3.84. The highest BCUT2D eigenvalue weighted by Gasteiger charge is 2.32. The molecule has 282 valence electrons. The maximum absolute atomic E-state index is 14.2. The molecule has 1 fully saturated rings. The minimum absolute atomic E-state index is 0.0243. The van der Waals surface area contributed by atoms with Crippen molar-refractivity contribution in [1.82, 2.24) is 39.7 Å². The zero-order chi connectivity index (χ0) is 38.1. The minimum Gasteiger partial charge on any atom is -0.377 e. The number of benzene rings is 2. The van der Waals surface area contributed by atoms with E-state index >= 15 is 0 Å². The monoisotopic (exact) mass is 768 g/mol. The number of rotatable bonds is 9. The number of piperazine rings is 1. The van der Waals surface area contributed by atoms with Gasteiger partial charge in [-0.3, -0.25) is 19.2 Å². The molecule has 2 aromatic carbocycles. The van der Waals surface area contributed by atoms with Crippen LogP contribution in [-0.2, 0) is 33.5 Å². The fourth-order valence-corrected chi connectivity index (χ4v) is 6.68. The zero-order valence-corrected chi connectivity index (χ0v) is 29.4. The van der Waals surface area contributed by atoms with Crippen LogP contribution in [0.5, 0.6) is 0 Å². The Balaban J connectivity index is 1.13. The minimum atomic E-state index is -4.62. The molecule has 5 heterocycles. The smallest absolute Gasteiger partial charge is 0.377 e. The molecule has 2 aliphatic heterocycles. The lowest BCUT2D eigenvalue weighted by Crippen LogP contribution is -2.52. The SMILES string of the molecule is CCc1c(N2CCN(C(=O)CNC(=O)c3cccc4nonc34)CC2)c(=O)n2nc(C3=CCOCC3)nc2n1CC(=O)Nc1ccc(C(F)(F)F)cc1Cl. The lowest BCUT2D eigenvalue weighted by atomic mass is 10.1. The van der Waals surface area contributed by atoms with Gasteiger partial charge in [-0.15, -0.1) is 5.10 Å². The van der Waals surface area contributed by atoms with Crippen molar-refractivity contribution < 1.29 is 36.9 Å². The number of nitrogens with zero attached hydrogens (tertiary/aromatic N) is 8. The number of carbonyl (C=O) groups is 3. The Labute approximate surface area is 308 Å². The van der Waals surface area contributed by atoms with Crippen LogP contribution in [0.15, 0.2) is 51.9 Å². The van der Waals surface area contributed by atoms with E-state index in [1.54, 1.807) is 27.7 Å². The number of amides is 3. The first-order valence-corrected chi connectivity index (χ1v) is 17.3. The van der Waals surface area contributed by atoms with Crippen LogP contribution in [0.4, 0.5) is 24.5 Å². The number of carbonyl (C=O) groups excluding carboxylic acids is 3. The summed E-state index contributed by atoms with van der Waals surface area (Å²) >= 11 is 6.12. The summed E-state index contributed by atoms with van der Waals surface area (Å²) in [5, 5.41) is 16.9. The summed E-state index contributed by atoms with van der Waals surface area (Å²) < 4.78 is 52.5. The molecule has 0 atom stereocenters. The van der Waals surface area contributed by atoms with Crippen molar-refractivity contribution in [2.24, 2.45) is 0 Å². The number of hydrogen-bond acceptors (Lipinski definition) is 11. The highest BCUT2D eigenvalue weighted by molar-refractivity contribution is 6.33. The van der Waals surface area contributed by atoms with Crippen molar-refractivity contribution in [2.75, 3.05) is 56.2 Å². The van der Waals surface area contributed by atoms with E-state index < -0.39 is 29.1 Å². The predicted octanol–water partition coefficient (Wildman–Crippen LogP) is 3.18. The standard InChI is InChI=1S/C34H32ClF3N10O6/c1-2-25-29(46-12-10-45(11-13-46)27(50)17-39-31(51)21-4-3-5-24-28(21)44-54-43-24)32(52)48-33(41-30(42-48)19-8-14-53-15-9-19)47(25)18-26(49)40-23-7-6-20(16-22(23)35)34(36,37)38/h3-8,16H,2,9-15,17-18H2,1H3,(H,39,51)(H,40,49). The van der Waals surface area contributed by atoms with Crippen LogP contribution >= 0.6 is 11.6 Å². The Morgan fingerprint density at radius 2 is 1.85 bits per heavy atom. The number of hydrogen-bond donors (Lipinski definition) is 2. The Morgan fingerprint density at radius 3 is 2.56 bits per heavy atom. The number of alkyl halides is 3. The molecule has 54 heavy (non-hydrogen) atoms. The van der Waals surface area contributed by atoms with Crippen molar-refractivity contribution in [3.63, 3.8) is 0 Å². The van der Waals surface area contributed by atoms with Gasteiger partial charge < -0.3 is 29.7 Å². The number of halogens is 4. The molecule has 16 nitrogen and oxygen atoms in total. The van der Waals surface area contributed by atoms with Gasteiger partial charge in [0.15, 0.2) is 5.82 Å².